The summed E-state index contributed by atoms with van der Waals surface area (Å²) in [5.41, 5.74) is 3.03. The number of hydrogen-bond acceptors (Lipinski definition) is 4. The van der Waals surface area contributed by atoms with Crippen molar-refractivity contribution in [3.05, 3.63) is 27.7 Å². The standard InChI is InChI=1S/C17H21BrN2O3S2/c1-4-5-15(21)19-17-20(13-8-25(22,23)9-14(13)24-17)16-10(2)6-12(18)7-11(16)3/h6-7,13-14H,4-5,8-9H2,1-3H3/t13-,14-/m1/s1. The third kappa shape index (κ3) is 3.80. The highest BCUT2D eigenvalue weighted by Crippen LogP contribution is 2.43. The second kappa shape index (κ2) is 7.04. The molecule has 0 N–H and O–H groups in total. The molecule has 0 aromatic heterocycles. The van der Waals surface area contributed by atoms with Gasteiger partial charge >= 0.3 is 0 Å². The lowest BCUT2D eigenvalue weighted by Gasteiger charge is -2.28. The van der Waals surface area contributed by atoms with Crippen LogP contribution in [0.2, 0.25) is 0 Å². The first kappa shape index (κ1) is 18.9. The minimum atomic E-state index is -3.05. The Bertz CT molecular complexity index is 828. The highest BCUT2D eigenvalue weighted by atomic mass is 79.9. The van der Waals surface area contributed by atoms with E-state index in [0.717, 1.165) is 27.7 Å². The number of aliphatic imine (C=N–C) groups is 1. The van der Waals surface area contributed by atoms with E-state index in [1.807, 2.05) is 37.8 Å². The van der Waals surface area contributed by atoms with Gasteiger partial charge < -0.3 is 4.90 Å². The van der Waals surface area contributed by atoms with Gasteiger partial charge in [0.15, 0.2) is 15.0 Å². The zero-order valence-corrected chi connectivity index (χ0v) is 17.7. The molecule has 2 aliphatic rings. The molecule has 0 aliphatic carbocycles. The van der Waals surface area contributed by atoms with Crippen LogP contribution in [0.4, 0.5) is 5.69 Å². The van der Waals surface area contributed by atoms with Gasteiger partial charge in [0.2, 0.25) is 5.91 Å². The predicted octanol–water partition coefficient (Wildman–Crippen LogP) is 3.47. The molecule has 2 fully saturated rings. The number of rotatable bonds is 3. The van der Waals surface area contributed by atoms with Crippen molar-refractivity contribution in [3.8, 4) is 0 Å². The molecule has 2 aliphatic heterocycles. The van der Waals surface area contributed by atoms with Gasteiger partial charge in [-0.1, -0.05) is 34.6 Å². The molecule has 0 unspecified atom stereocenters. The largest absolute Gasteiger partial charge is 0.315 e. The first-order valence-electron chi connectivity index (χ1n) is 8.26. The summed E-state index contributed by atoms with van der Waals surface area (Å²) in [6, 6.07) is 3.85. The Morgan fingerprint density at radius 1 is 1.32 bits per heavy atom. The Labute approximate surface area is 161 Å². The van der Waals surface area contributed by atoms with Crippen molar-refractivity contribution in [1.82, 2.24) is 0 Å². The van der Waals surface area contributed by atoms with Gasteiger partial charge in [-0.3, -0.25) is 4.79 Å². The number of sulfone groups is 1. The maximum absolute atomic E-state index is 12.1. The quantitative estimate of drug-likeness (QED) is 0.713. The Morgan fingerprint density at radius 2 is 1.96 bits per heavy atom. The van der Waals surface area contributed by atoms with Gasteiger partial charge in [0, 0.05) is 21.8 Å². The molecular weight excluding hydrogens is 424 g/mol. The van der Waals surface area contributed by atoms with Crippen molar-refractivity contribution in [2.45, 2.75) is 44.9 Å². The minimum absolute atomic E-state index is 0.0689. The van der Waals surface area contributed by atoms with Crippen LogP contribution in [-0.4, -0.2) is 42.3 Å². The fourth-order valence-corrected chi connectivity index (χ4v) is 8.09. The third-order valence-electron chi connectivity index (χ3n) is 4.45. The van der Waals surface area contributed by atoms with E-state index in [1.54, 1.807) is 0 Å². The van der Waals surface area contributed by atoms with Crippen LogP contribution < -0.4 is 4.90 Å². The van der Waals surface area contributed by atoms with E-state index in [-0.39, 0.29) is 28.7 Å². The summed E-state index contributed by atoms with van der Waals surface area (Å²) in [7, 11) is -3.05. The molecule has 136 valence electrons. The van der Waals surface area contributed by atoms with Crippen molar-refractivity contribution < 1.29 is 13.2 Å². The van der Waals surface area contributed by atoms with Crippen molar-refractivity contribution in [3.63, 3.8) is 0 Å². The maximum Gasteiger partial charge on any atom is 0.248 e. The van der Waals surface area contributed by atoms with Crippen molar-refractivity contribution in [2.75, 3.05) is 16.4 Å². The molecule has 0 spiro atoms. The van der Waals surface area contributed by atoms with Gasteiger partial charge in [-0.05, 0) is 43.5 Å². The zero-order chi connectivity index (χ0) is 18.4. The molecule has 1 amide bonds. The summed E-state index contributed by atoms with van der Waals surface area (Å²) in [6.07, 6.45) is 1.15. The smallest absolute Gasteiger partial charge is 0.248 e. The van der Waals surface area contributed by atoms with Gasteiger partial charge in [-0.15, -0.1) is 0 Å². The summed E-state index contributed by atoms with van der Waals surface area (Å²) >= 11 is 4.93. The number of carbonyl (C=O) groups is 1. The van der Waals surface area contributed by atoms with Crippen molar-refractivity contribution >= 4 is 54.3 Å². The van der Waals surface area contributed by atoms with E-state index < -0.39 is 9.84 Å². The number of amidine groups is 1. The van der Waals surface area contributed by atoms with Crippen LogP contribution >= 0.6 is 27.7 Å². The first-order valence-corrected chi connectivity index (χ1v) is 11.8. The molecule has 1 aromatic rings. The first-order chi connectivity index (χ1) is 11.7. The van der Waals surface area contributed by atoms with Gasteiger partial charge in [0.1, 0.15) is 0 Å². The molecular formula is C17H21BrN2O3S2. The predicted molar refractivity (Wildman–Crippen MR) is 107 cm³/mol. The van der Waals surface area contributed by atoms with Gasteiger partial charge in [-0.2, -0.15) is 4.99 Å². The highest BCUT2D eigenvalue weighted by Gasteiger charge is 2.49. The molecule has 8 heteroatoms. The Morgan fingerprint density at radius 3 is 2.56 bits per heavy atom. The summed E-state index contributed by atoms with van der Waals surface area (Å²) < 4.78 is 25.2. The van der Waals surface area contributed by atoms with Crippen LogP contribution in [-0.2, 0) is 14.6 Å². The molecule has 0 bridgehead atoms. The van der Waals surface area contributed by atoms with E-state index in [2.05, 4.69) is 20.9 Å². The lowest BCUT2D eigenvalue weighted by Crippen LogP contribution is -2.38. The number of fused-ring (bicyclic) bond motifs is 1. The number of aryl methyl sites for hydroxylation is 2. The third-order valence-corrected chi connectivity index (χ3v) is 8.12. The number of thioether (sulfide) groups is 1. The molecule has 5 nitrogen and oxygen atoms in total. The van der Waals surface area contributed by atoms with Gasteiger partial charge in [-0.25, -0.2) is 8.42 Å². The van der Waals surface area contributed by atoms with Crippen molar-refractivity contribution in [2.24, 2.45) is 4.99 Å². The minimum Gasteiger partial charge on any atom is -0.315 e. The molecule has 0 radical (unpaired) electrons. The van der Waals surface area contributed by atoms with Gasteiger partial charge in [0.25, 0.3) is 0 Å². The van der Waals surface area contributed by atoms with E-state index in [0.29, 0.717) is 11.6 Å². The van der Waals surface area contributed by atoms with Crippen LogP contribution in [0.5, 0.6) is 0 Å². The second-order valence-corrected chi connectivity index (χ2v) is 10.9. The van der Waals surface area contributed by atoms with E-state index in [9.17, 15) is 13.2 Å². The average molecular weight is 445 g/mol. The summed E-state index contributed by atoms with van der Waals surface area (Å²) in [5.74, 6) is 0.111. The Kier molecular flexibility index (Phi) is 5.33. The van der Waals surface area contributed by atoms with Crippen LogP contribution in [0.3, 0.4) is 0 Å². The molecule has 3 rings (SSSR count). The molecule has 2 saturated heterocycles. The SMILES string of the molecule is CCCC(=O)N=C1S[C@@H]2CS(=O)(=O)C[C@H]2N1c1c(C)cc(Br)cc1C. The fourth-order valence-electron chi connectivity index (χ4n) is 3.49. The van der Waals surface area contributed by atoms with E-state index in [4.69, 9.17) is 0 Å². The monoisotopic (exact) mass is 444 g/mol. The van der Waals surface area contributed by atoms with Gasteiger partial charge in [0.05, 0.1) is 17.5 Å². The van der Waals surface area contributed by atoms with Crippen molar-refractivity contribution in [1.29, 1.82) is 0 Å². The normalized spacial score (nSPS) is 26.2. The topological polar surface area (TPSA) is 66.8 Å². The molecule has 2 atom stereocenters. The van der Waals surface area contributed by atoms with Crippen LogP contribution in [0.15, 0.2) is 21.6 Å². The summed E-state index contributed by atoms with van der Waals surface area (Å²) in [5, 5.41) is 0.567. The highest BCUT2D eigenvalue weighted by molar-refractivity contribution is 9.10. The Hall–Kier alpha value is -0.860. The molecule has 1 aromatic carbocycles. The lowest BCUT2D eigenvalue weighted by molar-refractivity contribution is -0.117. The number of anilines is 1. The number of hydrogen-bond donors (Lipinski definition) is 0. The maximum atomic E-state index is 12.1. The van der Waals surface area contributed by atoms with Crippen LogP contribution in [0, 0.1) is 13.8 Å². The van der Waals surface area contributed by atoms with Crippen LogP contribution in [0.25, 0.3) is 0 Å². The van der Waals surface area contributed by atoms with E-state index in [1.165, 1.54) is 11.8 Å². The molecule has 25 heavy (non-hydrogen) atoms. The van der Waals surface area contributed by atoms with Crippen LogP contribution in [0.1, 0.15) is 30.9 Å². The number of amides is 1. The number of carbonyl (C=O) groups excluding carboxylic acids is 1. The number of nitrogens with zero attached hydrogens (tertiary/aromatic N) is 2. The lowest BCUT2D eigenvalue weighted by atomic mass is 10.1. The number of halogens is 1. The number of benzene rings is 1. The zero-order valence-electron chi connectivity index (χ0n) is 14.5. The average Bonchev–Trinajstić information content (AvgIpc) is 2.91. The fraction of sp³-hybridized carbons (Fsp3) is 0.529. The van der Waals surface area contributed by atoms with E-state index >= 15 is 0 Å². The molecule has 0 saturated carbocycles. The summed E-state index contributed by atoms with van der Waals surface area (Å²) in [6.45, 7) is 5.95. The molecule has 2 heterocycles. The second-order valence-electron chi connectivity index (χ2n) is 6.60. The Balaban J connectivity index is 2.09. The summed E-state index contributed by atoms with van der Waals surface area (Å²) in [4.78, 5) is 18.4.